The van der Waals surface area contributed by atoms with Gasteiger partial charge in [0.1, 0.15) is 0 Å². The van der Waals surface area contributed by atoms with E-state index in [1.165, 1.54) is 16.7 Å². The lowest BCUT2D eigenvalue weighted by Crippen LogP contribution is -2.41. The molecule has 0 aromatic heterocycles. The van der Waals surface area contributed by atoms with Gasteiger partial charge in [0.2, 0.25) is 0 Å². The smallest absolute Gasteiger partial charge is 0.0699 e. The van der Waals surface area contributed by atoms with Gasteiger partial charge in [-0.25, -0.2) is 0 Å². The number of hydrogen-bond acceptors (Lipinski definition) is 2. The van der Waals surface area contributed by atoms with E-state index in [1.807, 2.05) is 0 Å². The summed E-state index contributed by atoms with van der Waals surface area (Å²) < 4.78 is 5.47. The van der Waals surface area contributed by atoms with E-state index in [0.717, 1.165) is 19.4 Å². The Bertz CT molecular complexity index is 362. The fraction of sp³-hybridized carbons (Fsp3) is 0.625. The summed E-state index contributed by atoms with van der Waals surface area (Å²) in [5.41, 5.74) is 4.11. The first-order valence-corrected chi connectivity index (χ1v) is 6.90. The number of benzene rings is 1. The van der Waals surface area contributed by atoms with Crippen molar-refractivity contribution >= 4 is 0 Å². The highest BCUT2D eigenvalue weighted by atomic mass is 16.5. The summed E-state index contributed by atoms with van der Waals surface area (Å²) in [6, 6.07) is 7.11. The molecule has 2 atom stereocenters. The monoisotopic (exact) mass is 249 g/mol. The number of methoxy groups -OCH3 is 1. The molecule has 0 spiro atoms. The minimum Gasteiger partial charge on any atom is -0.380 e. The van der Waals surface area contributed by atoms with Gasteiger partial charge in [-0.05, 0) is 56.8 Å². The second kappa shape index (κ2) is 7.55. The zero-order chi connectivity index (χ0) is 13.5. The van der Waals surface area contributed by atoms with Crippen molar-refractivity contribution in [3.63, 3.8) is 0 Å². The van der Waals surface area contributed by atoms with Crippen molar-refractivity contribution < 1.29 is 4.74 Å². The Labute approximate surface area is 112 Å². The molecule has 2 nitrogen and oxygen atoms in total. The highest BCUT2D eigenvalue weighted by Gasteiger charge is 2.16. The largest absolute Gasteiger partial charge is 0.380 e. The molecular weight excluding hydrogens is 222 g/mol. The van der Waals surface area contributed by atoms with Gasteiger partial charge in [0.15, 0.2) is 0 Å². The molecule has 0 aliphatic heterocycles. The minimum absolute atomic E-state index is 0.234. The van der Waals surface area contributed by atoms with Crippen LogP contribution < -0.4 is 5.32 Å². The van der Waals surface area contributed by atoms with Crippen molar-refractivity contribution in [3.8, 4) is 0 Å². The summed E-state index contributed by atoms with van der Waals surface area (Å²) >= 11 is 0. The second-order valence-electron chi connectivity index (χ2n) is 5.12. The van der Waals surface area contributed by atoms with Gasteiger partial charge in [-0.2, -0.15) is 0 Å². The fourth-order valence-corrected chi connectivity index (χ4v) is 2.08. The number of rotatable bonds is 7. The zero-order valence-electron chi connectivity index (χ0n) is 12.4. The summed E-state index contributed by atoms with van der Waals surface area (Å²) in [4.78, 5) is 0. The summed E-state index contributed by atoms with van der Waals surface area (Å²) in [6.07, 6.45) is 2.41. The van der Waals surface area contributed by atoms with Gasteiger partial charge >= 0.3 is 0 Å². The van der Waals surface area contributed by atoms with Crippen LogP contribution in [0.25, 0.3) is 0 Å². The van der Waals surface area contributed by atoms with E-state index in [-0.39, 0.29) is 6.10 Å². The van der Waals surface area contributed by atoms with Gasteiger partial charge in [-0.1, -0.05) is 25.1 Å². The average molecular weight is 249 g/mol. The molecule has 1 aromatic rings. The highest BCUT2D eigenvalue weighted by molar-refractivity contribution is 5.30. The molecule has 2 unspecified atom stereocenters. The molecule has 0 fully saturated rings. The first kappa shape index (κ1) is 15.2. The van der Waals surface area contributed by atoms with E-state index in [2.05, 4.69) is 51.2 Å². The summed E-state index contributed by atoms with van der Waals surface area (Å²) in [5, 5.41) is 3.58. The number of nitrogens with one attached hydrogen (secondary N) is 1. The van der Waals surface area contributed by atoms with E-state index in [9.17, 15) is 0 Å². The van der Waals surface area contributed by atoms with Gasteiger partial charge in [-0.3, -0.25) is 0 Å². The normalized spacial score (nSPS) is 14.5. The average Bonchev–Trinajstić information content (AvgIpc) is 2.37. The maximum Gasteiger partial charge on any atom is 0.0699 e. The van der Waals surface area contributed by atoms with E-state index < -0.39 is 0 Å². The summed E-state index contributed by atoms with van der Waals surface area (Å²) in [7, 11) is 1.78. The Hall–Kier alpha value is -0.860. The quantitative estimate of drug-likeness (QED) is 0.801. The molecule has 102 valence electrons. The van der Waals surface area contributed by atoms with Crippen molar-refractivity contribution in [2.45, 2.75) is 52.7 Å². The number of aryl methyl sites for hydroxylation is 2. The molecule has 1 N–H and O–H groups in total. The molecule has 0 aliphatic carbocycles. The highest BCUT2D eigenvalue weighted by Crippen LogP contribution is 2.13. The third kappa shape index (κ3) is 4.43. The molecule has 18 heavy (non-hydrogen) atoms. The Kier molecular flexibility index (Phi) is 6.37. The molecule has 1 rings (SSSR count). The van der Waals surface area contributed by atoms with E-state index in [4.69, 9.17) is 4.74 Å². The third-order valence-corrected chi connectivity index (χ3v) is 3.62. The number of ether oxygens (including phenoxy) is 1. The van der Waals surface area contributed by atoms with Gasteiger partial charge in [0.25, 0.3) is 0 Å². The molecule has 0 heterocycles. The molecule has 0 radical (unpaired) electrons. The molecule has 2 heteroatoms. The molecule has 0 amide bonds. The van der Waals surface area contributed by atoms with Gasteiger partial charge in [-0.15, -0.1) is 0 Å². The van der Waals surface area contributed by atoms with Crippen molar-refractivity contribution in [2.24, 2.45) is 0 Å². The predicted octanol–water partition coefficient (Wildman–Crippen LogP) is 3.25. The van der Waals surface area contributed by atoms with Crippen LogP contribution in [0.1, 0.15) is 37.0 Å². The van der Waals surface area contributed by atoms with Crippen LogP contribution in [-0.4, -0.2) is 25.8 Å². The molecule has 0 bridgehead atoms. The van der Waals surface area contributed by atoms with Crippen molar-refractivity contribution in [2.75, 3.05) is 13.7 Å². The predicted molar refractivity (Wildman–Crippen MR) is 78.2 cm³/mol. The Morgan fingerprint density at radius 1 is 1.22 bits per heavy atom. The third-order valence-electron chi connectivity index (χ3n) is 3.62. The van der Waals surface area contributed by atoms with E-state index in [1.54, 1.807) is 7.11 Å². The lowest BCUT2D eigenvalue weighted by atomic mass is 9.98. The lowest BCUT2D eigenvalue weighted by Gasteiger charge is -2.24. The Morgan fingerprint density at radius 3 is 2.50 bits per heavy atom. The van der Waals surface area contributed by atoms with Crippen LogP contribution in [0.4, 0.5) is 0 Å². The standard InChI is InChI=1S/C16H27NO/c1-6-9-17-16(14(4)18-5)11-15-8-7-12(2)13(3)10-15/h7-8,10,14,16-17H,6,9,11H2,1-5H3. The molecule has 1 aromatic carbocycles. The van der Waals surface area contributed by atoms with Gasteiger partial charge < -0.3 is 10.1 Å². The Morgan fingerprint density at radius 2 is 1.94 bits per heavy atom. The fourth-order valence-electron chi connectivity index (χ4n) is 2.08. The maximum absolute atomic E-state index is 5.47. The minimum atomic E-state index is 0.234. The van der Waals surface area contributed by atoms with E-state index >= 15 is 0 Å². The maximum atomic E-state index is 5.47. The van der Waals surface area contributed by atoms with Crippen LogP contribution in [0.15, 0.2) is 18.2 Å². The first-order chi connectivity index (χ1) is 8.58. The van der Waals surface area contributed by atoms with Crippen LogP contribution in [0.2, 0.25) is 0 Å². The van der Waals surface area contributed by atoms with Crippen LogP contribution in [0.5, 0.6) is 0 Å². The van der Waals surface area contributed by atoms with Crippen LogP contribution >= 0.6 is 0 Å². The first-order valence-electron chi connectivity index (χ1n) is 6.90. The topological polar surface area (TPSA) is 21.3 Å². The second-order valence-corrected chi connectivity index (χ2v) is 5.12. The lowest BCUT2D eigenvalue weighted by molar-refractivity contribution is 0.0831. The van der Waals surface area contributed by atoms with Gasteiger partial charge in [0.05, 0.1) is 6.10 Å². The van der Waals surface area contributed by atoms with Crippen molar-refractivity contribution in [3.05, 3.63) is 34.9 Å². The number of hydrogen-bond donors (Lipinski definition) is 1. The van der Waals surface area contributed by atoms with Crippen molar-refractivity contribution in [1.29, 1.82) is 0 Å². The van der Waals surface area contributed by atoms with Crippen LogP contribution in [-0.2, 0) is 11.2 Å². The van der Waals surface area contributed by atoms with Crippen LogP contribution in [0.3, 0.4) is 0 Å². The van der Waals surface area contributed by atoms with Crippen molar-refractivity contribution in [1.82, 2.24) is 5.32 Å². The SMILES string of the molecule is CCCNC(Cc1ccc(C)c(C)c1)C(C)OC. The molecule has 0 aliphatic rings. The zero-order valence-corrected chi connectivity index (χ0v) is 12.4. The summed E-state index contributed by atoms with van der Waals surface area (Å²) in [5.74, 6) is 0. The van der Waals surface area contributed by atoms with Crippen LogP contribution in [0, 0.1) is 13.8 Å². The Balaban J connectivity index is 2.71. The van der Waals surface area contributed by atoms with Gasteiger partial charge in [0, 0.05) is 13.2 Å². The van der Waals surface area contributed by atoms with E-state index in [0.29, 0.717) is 6.04 Å². The summed E-state index contributed by atoms with van der Waals surface area (Å²) in [6.45, 7) is 9.70. The molecular formula is C16H27NO. The molecule has 0 saturated heterocycles. The molecule has 0 saturated carbocycles.